The van der Waals surface area contributed by atoms with E-state index >= 15 is 0 Å². The predicted octanol–water partition coefficient (Wildman–Crippen LogP) is 7.86. The molecule has 148 valence electrons. The fourth-order valence-corrected chi connectivity index (χ4v) is 3.25. The number of benzene rings is 2. The summed E-state index contributed by atoms with van der Waals surface area (Å²) in [6.07, 6.45) is 3.86. The van der Waals surface area contributed by atoms with E-state index in [1.807, 2.05) is 12.4 Å². The van der Waals surface area contributed by atoms with Gasteiger partial charge in [0.25, 0.3) is 0 Å². The second-order valence-electron chi connectivity index (χ2n) is 6.39. The normalized spacial score (nSPS) is 11.2. The molecule has 2 nitrogen and oxygen atoms in total. The van der Waals surface area contributed by atoms with Crippen LogP contribution in [0.3, 0.4) is 0 Å². The van der Waals surface area contributed by atoms with Crippen LogP contribution in [0.5, 0.6) is 0 Å². The standard InChI is InChI=1S/C22H22N2S.2ClH.Fe/c1-15-5-7-17(3)21(11-15)23-13-19-9-10-20(25-19)14-24-22-12-16(2)6-8-18(22)4;;;/h5-14H,1-4H3;2*1H;/q;;;+2/p-2. The van der Waals surface area contributed by atoms with Crippen LogP contribution in [0.4, 0.5) is 11.4 Å². The SMILES string of the molecule is Cc1ccc(C)c(N=Cc2ccc(C=Nc3cc(C)ccc3C)s2)c1.[Cl][Fe][Cl]. The van der Waals surface area contributed by atoms with Crippen molar-refractivity contribution in [1.82, 2.24) is 0 Å². The zero-order chi connectivity index (χ0) is 20.5. The van der Waals surface area contributed by atoms with Crippen LogP contribution in [0.2, 0.25) is 0 Å². The summed E-state index contributed by atoms with van der Waals surface area (Å²) in [6, 6.07) is 16.8. The van der Waals surface area contributed by atoms with Crippen LogP contribution >= 0.6 is 31.5 Å². The van der Waals surface area contributed by atoms with E-state index in [0.717, 1.165) is 21.1 Å². The van der Waals surface area contributed by atoms with Gasteiger partial charge in [-0.1, -0.05) is 24.3 Å². The Labute approximate surface area is 186 Å². The second-order valence-corrected chi connectivity index (χ2v) is 9.36. The van der Waals surface area contributed by atoms with Crippen molar-refractivity contribution >= 4 is 55.3 Å². The van der Waals surface area contributed by atoms with Crippen LogP contribution in [-0.4, -0.2) is 12.4 Å². The monoisotopic (exact) mass is 472 g/mol. The van der Waals surface area contributed by atoms with E-state index in [9.17, 15) is 0 Å². The molecule has 0 saturated carbocycles. The first-order valence-corrected chi connectivity index (χ1v) is 12.5. The van der Waals surface area contributed by atoms with Gasteiger partial charge < -0.3 is 0 Å². The van der Waals surface area contributed by atoms with E-state index in [4.69, 9.17) is 20.2 Å². The summed E-state index contributed by atoms with van der Waals surface area (Å²) in [4.78, 5) is 11.5. The average molecular weight is 473 g/mol. The molecule has 0 aliphatic heterocycles. The van der Waals surface area contributed by atoms with E-state index in [2.05, 4.69) is 86.2 Å². The van der Waals surface area contributed by atoms with Gasteiger partial charge in [0.15, 0.2) is 0 Å². The molecule has 0 N–H and O–H groups in total. The molecular weight excluding hydrogens is 451 g/mol. The minimum atomic E-state index is 0.194. The van der Waals surface area contributed by atoms with Crippen LogP contribution in [0.1, 0.15) is 32.0 Å². The Morgan fingerprint density at radius 1 is 0.714 bits per heavy atom. The molecule has 2 aromatic carbocycles. The summed E-state index contributed by atoms with van der Waals surface area (Å²) in [6.45, 7) is 8.35. The summed E-state index contributed by atoms with van der Waals surface area (Å²) < 4.78 is 0. The third-order valence-corrected chi connectivity index (χ3v) is 4.99. The van der Waals surface area contributed by atoms with Gasteiger partial charge in [0, 0.05) is 22.2 Å². The maximum absolute atomic E-state index is 4.76. The Balaban J connectivity index is 0.000000878. The average Bonchev–Trinajstić information content (AvgIpc) is 3.12. The van der Waals surface area contributed by atoms with Crippen LogP contribution in [0.25, 0.3) is 0 Å². The van der Waals surface area contributed by atoms with Gasteiger partial charge in [0.05, 0.1) is 11.4 Å². The number of hydrogen-bond donors (Lipinski definition) is 0. The molecule has 0 aliphatic carbocycles. The summed E-state index contributed by atoms with van der Waals surface area (Å²) >= 11 is 1.89. The molecule has 3 rings (SSSR count). The van der Waals surface area contributed by atoms with Crippen molar-refractivity contribution in [3.05, 3.63) is 80.5 Å². The number of aliphatic imine (C=N–C) groups is 2. The number of aryl methyl sites for hydroxylation is 4. The van der Waals surface area contributed by atoms with Gasteiger partial charge in [-0.25, -0.2) is 0 Å². The zero-order valence-corrected chi connectivity index (χ0v) is 19.6. The number of halogens is 2. The molecule has 0 unspecified atom stereocenters. The fourth-order valence-electron chi connectivity index (χ4n) is 2.49. The van der Waals surface area contributed by atoms with E-state index < -0.39 is 0 Å². The van der Waals surface area contributed by atoms with Crippen molar-refractivity contribution in [2.45, 2.75) is 27.7 Å². The number of hydrogen-bond acceptors (Lipinski definition) is 3. The molecule has 0 fully saturated rings. The van der Waals surface area contributed by atoms with Crippen LogP contribution < -0.4 is 0 Å². The maximum atomic E-state index is 4.76. The van der Waals surface area contributed by atoms with Gasteiger partial charge in [-0.05, 0) is 74.2 Å². The molecule has 1 aromatic heterocycles. The summed E-state index contributed by atoms with van der Waals surface area (Å²) in [5, 5.41) is 0. The van der Waals surface area contributed by atoms with E-state index in [1.165, 1.54) is 22.3 Å². The first-order chi connectivity index (χ1) is 13.4. The first-order valence-electron chi connectivity index (χ1n) is 8.60. The van der Waals surface area contributed by atoms with Crippen LogP contribution in [0, 0.1) is 27.7 Å². The van der Waals surface area contributed by atoms with Gasteiger partial charge in [-0.2, -0.15) is 0 Å². The molecule has 0 spiro atoms. The molecule has 1 heterocycles. The van der Waals surface area contributed by atoms with E-state index in [-0.39, 0.29) is 13.1 Å². The zero-order valence-electron chi connectivity index (χ0n) is 16.2. The van der Waals surface area contributed by atoms with Crippen molar-refractivity contribution in [3.8, 4) is 0 Å². The topological polar surface area (TPSA) is 24.7 Å². The fraction of sp³-hybridized carbons (Fsp3) is 0.182. The minimum absolute atomic E-state index is 0.194. The van der Waals surface area contributed by atoms with Crippen LogP contribution in [0.15, 0.2) is 58.5 Å². The van der Waals surface area contributed by atoms with E-state index in [0.29, 0.717) is 0 Å². The molecular formula is C22H22Cl2FeN2S. The van der Waals surface area contributed by atoms with Gasteiger partial charge in [0.1, 0.15) is 0 Å². The third kappa shape index (κ3) is 7.20. The first kappa shape index (κ1) is 22.9. The van der Waals surface area contributed by atoms with Crippen molar-refractivity contribution in [2.75, 3.05) is 0 Å². The van der Waals surface area contributed by atoms with Crippen molar-refractivity contribution in [3.63, 3.8) is 0 Å². The molecule has 6 heteroatoms. The quantitative estimate of drug-likeness (QED) is 0.272. The van der Waals surface area contributed by atoms with Gasteiger partial charge in [0.2, 0.25) is 0 Å². The molecule has 0 aliphatic rings. The number of nitrogens with zero attached hydrogens (tertiary/aromatic N) is 2. The van der Waals surface area contributed by atoms with Crippen molar-refractivity contribution < 1.29 is 13.1 Å². The second kappa shape index (κ2) is 11.5. The predicted molar refractivity (Wildman–Crippen MR) is 122 cm³/mol. The van der Waals surface area contributed by atoms with Crippen LogP contribution in [-0.2, 0) is 13.1 Å². The van der Waals surface area contributed by atoms with Gasteiger partial charge >= 0.3 is 33.3 Å². The number of rotatable bonds is 4. The summed E-state index contributed by atoms with van der Waals surface area (Å²) in [7, 11) is 9.53. The number of thiophene rings is 1. The van der Waals surface area contributed by atoms with E-state index in [1.54, 1.807) is 11.3 Å². The summed E-state index contributed by atoms with van der Waals surface area (Å²) in [5.41, 5.74) is 6.89. The molecule has 0 saturated heterocycles. The van der Waals surface area contributed by atoms with Gasteiger partial charge in [-0.3, -0.25) is 9.98 Å². The molecule has 28 heavy (non-hydrogen) atoms. The van der Waals surface area contributed by atoms with Gasteiger partial charge in [-0.15, -0.1) is 11.3 Å². The molecule has 0 bridgehead atoms. The Hall–Kier alpha value is -1.42. The molecule has 3 aromatic rings. The Bertz CT molecular complexity index is 904. The molecule has 0 amide bonds. The summed E-state index contributed by atoms with van der Waals surface area (Å²) in [5.74, 6) is 0. The molecule has 0 atom stereocenters. The Morgan fingerprint density at radius 3 is 1.50 bits per heavy atom. The van der Waals surface area contributed by atoms with Crippen molar-refractivity contribution in [1.29, 1.82) is 0 Å². The Kier molecular flexibility index (Phi) is 9.43. The molecule has 0 radical (unpaired) electrons. The Morgan fingerprint density at radius 2 is 1.11 bits per heavy atom. The van der Waals surface area contributed by atoms with Crippen molar-refractivity contribution in [2.24, 2.45) is 9.98 Å². The third-order valence-electron chi connectivity index (χ3n) is 4.04.